The monoisotopic (exact) mass is 238 g/mol. The topological polar surface area (TPSA) is 15.3 Å². The molecule has 2 fully saturated rings. The second-order valence-corrected chi connectivity index (χ2v) is 6.81. The SMILES string of the molecule is CC(C)C(CN1CCNC(C2CC2)C1)C(C)C. The maximum atomic E-state index is 3.70. The molecule has 1 heterocycles. The van der Waals surface area contributed by atoms with Gasteiger partial charge in [0.1, 0.15) is 0 Å². The Morgan fingerprint density at radius 1 is 1.12 bits per heavy atom. The lowest BCUT2D eigenvalue weighted by molar-refractivity contribution is 0.127. The van der Waals surface area contributed by atoms with Gasteiger partial charge in [0.15, 0.2) is 0 Å². The molecule has 2 rings (SSSR count). The number of rotatable bonds is 5. The molecule has 1 saturated heterocycles. The Balaban J connectivity index is 1.83. The number of hydrogen-bond donors (Lipinski definition) is 1. The van der Waals surface area contributed by atoms with E-state index in [9.17, 15) is 0 Å². The molecule has 2 heteroatoms. The van der Waals surface area contributed by atoms with Crippen LogP contribution in [-0.2, 0) is 0 Å². The fraction of sp³-hybridized carbons (Fsp3) is 1.00. The maximum Gasteiger partial charge on any atom is 0.0223 e. The Morgan fingerprint density at radius 3 is 2.29 bits per heavy atom. The van der Waals surface area contributed by atoms with Crippen molar-refractivity contribution in [2.75, 3.05) is 26.2 Å². The van der Waals surface area contributed by atoms with Gasteiger partial charge in [-0.15, -0.1) is 0 Å². The third kappa shape index (κ3) is 3.69. The lowest BCUT2D eigenvalue weighted by atomic mass is 9.85. The molecule has 0 bridgehead atoms. The summed E-state index contributed by atoms with van der Waals surface area (Å²) in [4.78, 5) is 2.71. The van der Waals surface area contributed by atoms with Crippen molar-refractivity contribution >= 4 is 0 Å². The zero-order valence-corrected chi connectivity index (χ0v) is 12.1. The molecule has 0 aromatic rings. The van der Waals surface area contributed by atoms with Gasteiger partial charge in [-0.25, -0.2) is 0 Å². The highest BCUT2D eigenvalue weighted by molar-refractivity contribution is 4.91. The van der Waals surface area contributed by atoms with E-state index in [0.29, 0.717) is 0 Å². The summed E-state index contributed by atoms with van der Waals surface area (Å²) in [5, 5.41) is 3.70. The first-order valence-electron chi connectivity index (χ1n) is 7.53. The minimum Gasteiger partial charge on any atom is -0.311 e. The molecule has 1 unspecified atom stereocenters. The van der Waals surface area contributed by atoms with E-state index in [4.69, 9.17) is 0 Å². The van der Waals surface area contributed by atoms with Crippen LogP contribution < -0.4 is 5.32 Å². The van der Waals surface area contributed by atoms with Gasteiger partial charge in [-0.3, -0.25) is 0 Å². The van der Waals surface area contributed by atoms with Crippen LogP contribution in [0, 0.1) is 23.7 Å². The summed E-state index contributed by atoms with van der Waals surface area (Å²) in [6.45, 7) is 14.6. The highest BCUT2D eigenvalue weighted by atomic mass is 15.2. The molecule has 1 aliphatic heterocycles. The fourth-order valence-electron chi connectivity index (χ4n) is 3.31. The Labute approximate surface area is 107 Å². The first-order chi connectivity index (χ1) is 8.08. The lowest BCUT2D eigenvalue weighted by Gasteiger charge is -2.38. The number of piperazine rings is 1. The molecule has 1 atom stereocenters. The van der Waals surface area contributed by atoms with Crippen LogP contribution in [0.2, 0.25) is 0 Å². The summed E-state index contributed by atoms with van der Waals surface area (Å²) in [6.07, 6.45) is 2.92. The standard InChI is InChI=1S/C15H30N2/c1-11(2)14(12(3)4)9-17-8-7-16-15(10-17)13-5-6-13/h11-16H,5-10H2,1-4H3. The first-order valence-corrected chi connectivity index (χ1v) is 7.53. The summed E-state index contributed by atoms with van der Waals surface area (Å²) >= 11 is 0. The normalized spacial score (nSPS) is 27.4. The molecular formula is C15H30N2. The van der Waals surface area contributed by atoms with Crippen molar-refractivity contribution in [1.29, 1.82) is 0 Å². The summed E-state index contributed by atoms with van der Waals surface area (Å²) < 4.78 is 0. The second-order valence-electron chi connectivity index (χ2n) is 6.81. The van der Waals surface area contributed by atoms with Crippen LogP contribution in [0.4, 0.5) is 0 Å². The summed E-state index contributed by atoms with van der Waals surface area (Å²) in [7, 11) is 0. The Morgan fingerprint density at radius 2 is 1.76 bits per heavy atom. The molecular weight excluding hydrogens is 208 g/mol. The van der Waals surface area contributed by atoms with Crippen molar-refractivity contribution in [3.05, 3.63) is 0 Å². The minimum atomic E-state index is 0.795. The Hall–Kier alpha value is -0.0800. The Kier molecular flexibility index (Phi) is 4.48. The highest BCUT2D eigenvalue weighted by Gasteiger charge is 2.34. The third-order valence-electron chi connectivity index (χ3n) is 4.66. The molecule has 1 N–H and O–H groups in total. The van der Waals surface area contributed by atoms with Crippen LogP contribution in [-0.4, -0.2) is 37.1 Å². The molecule has 0 spiro atoms. The summed E-state index contributed by atoms with van der Waals surface area (Å²) in [5.74, 6) is 3.47. The molecule has 0 aromatic heterocycles. The average Bonchev–Trinajstić information content (AvgIpc) is 3.09. The molecule has 1 aliphatic carbocycles. The van der Waals surface area contributed by atoms with Crippen molar-refractivity contribution in [2.45, 2.75) is 46.6 Å². The van der Waals surface area contributed by atoms with Crippen molar-refractivity contribution < 1.29 is 0 Å². The van der Waals surface area contributed by atoms with E-state index < -0.39 is 0 Å². The van der Waals surface area contributed by atoms with E-state index in [1.807, 2.05) is 0 Å². The van der Waals surface area contributed by atoms with Crippen molar-refractivity contribution in [1.82, 2.24) is 10.2 Å². The van der Waals surface area contributed by atoms with Gasteiger partial charge in [-0.2, -0.15) is 0 Å². The molecule has 2 aliphatic rings. The van der Waals surface area contributed by atoms with Gasteiger partial charge in [0.05, 0.1) is 0 Å². The van der Waals surface area contributed by atoms with Crippen LogP contribution in [0.15, 0.2) is 0 Å². The van der Waals surface area contributed by atoms with Gasteiger partial charge in [-0.05, 0) is 36.5 Å². The number of nitrogens with one attached hydrogen (secondary N) is 1. The van der Waals surface area contributed by atoms with Crippen LogP contribution in [0.5, 0.6) is 0 Å². The number of hydrogen-bond acceptors (Lipinski definition) is 2. The summed E-state index contributed by atoms with van der Waals surface area (Å²) in [6, 6.07) is 0.795. The molecule has 100 valence electrons. The van der Waals surface area contributed by atoms with Crippen molar-refractivity contribution in [2.24, 2.45) is 23.7 Å². The largest absolute Gasteiger partial charge is 0.311 e. The highest BCUT2D eigenvalue weighted by Crippen LogP contribution is 2.34. The van der Waals surface area contributed by atoms with Gasteiger partial charge in [0.25, 0.3) is 0 Å². The fourth-order valence-corrected chi connectivity index (χ4v) is 3.31. The molecule has 0 amide bonds. The third-order valence-corrected chi connectivity index (χ3v) is 4.66. The van der Waals surface area contributed by atoms with E-state index >= 15 is 0 Å². The zero-order valence-electron chi connectivity index (χ0n) is 12.1. The van der Waals surface area contributed by atoms with Gasteiger partial charge in [-0.1, -0.05) is 27.7 Å². The first kappa shape index (κ1) is 13.4. The number of nitrogens with zero attached hydrogens (tertiary/aromatic N) is 1. The molecule has 0 radical (unpaired) electrons. The van der Waals surface area contributed by atoms with Gasteiger partial charge in [0.2, 0.25) is 0 Å². The van der Waals surface area contributed by atoms with Gasteiger partial charge < -0.3 is 10.2 Å². The average molecular weight is 238 g/mol. The Bertz CT molecular complexity index is 225. The van der Waals surface area contributed by atoms with E-state index in [-0.39, 0.29) is 0 Å². The van der Waals surface area contributed by atoms with Crippen molar-refractivity contribution in [3.8, 4) is 0 Å². The van der Waals surface area contributed by atoms with E-state index in [1.165, 1.54) is 39.0 Å². The van der Waals surface area contributed by atoms with Gasteiger partial charge >= 0.3 is 0 Å². The maximum absolute atomic E-state index is 3.70. The quantitative estimate of drug-likeness (QED) is 0.792. The van der Waals surface area contributed by atoms with E-state index in [2.05, 4.69) is 37.9 Å². The van der Waals surface area contributed by atoms with Gasteiger partial charge in [0, 0.05) is 32.2 Å². The minimum absolute atomic E-state index is 0.795. The lowest BCUT2D eigenvalue weighted by Crippen LogP contribution is -2.53. The van der Waals surface area contributed by atoms with Crippen LogP contribution in [0.1, 0.15) is 40.5 Å². The predicted octanol–water partition coefficient (Wildman–Crippen LogP) is 2.60. The molecule has 2 nitrogen and oxygen atoms in total. The molecule has 17 heavy (non-hydrogen) atoms. The summed E-state index contributed by atoms with van der Waals surface area (Å²) in [5.41, 5.74) is 0. The van der Waals surface area contributed by atoms with E-state index in [1.54, 1.807) is 0 Å². The van der Waals surface area contributed by atoms with Crippen LogP contribution in [0.3, 0.4) is 0 Å². The van der Waals surface area contributed by atoms with E-state index in [0.717, 1.165) is 29.7 Å². The second kappa shape index (κ2) is 5.71. The van der Waals surface area contributed by atoms with Crippen molar-refractivity contribution in [3.63, 3.8) is 0 Å². The zero-order chi connectivity index (χ0) is 12.4. The smallest absolute Gasteiger partial charge is 0.0223 e. The molecule has 0 aromatic carbocycles. The predicted molar refractivity (Wildman–Crippen MR) is 74.1 cm³/mol. The van der Waals surface area contributed by atoms with Crippen LogP contribution >= 0.6 is 0 Å². The van der Waals surface area contributed by atoms with Crippen LogP contribution in [0.25, 0.3) is 0 Å². The molecule has 1 saturated carbocycles.